The summed E-state index contributed by atoms with van der Waals surface area (Å²) in [5, 5.41) is 4.18. The Hall–Kier alpha value is -3.98. The number of halogens is 1. The lowest BCUT2D eigenvalue weighted by molar-refractivity contribution is -0.136. The van der Waals surface area contributed by atoms with E-state index in [1.807, 2.05) is 71.3 Å². The molecule has 1 saturated carbocycles. The van der Waals surface area contributed by atoms with Crippen LogP contribution in [0.3, 0.4) is 0 Å². The van der Waals surface area contributed by atoms with Gasteiger partial charge < -0.3 is 29.0 Å². The third-order valence-corrected chi connectivity index (χ3v) is 9.62. The van der Waals surface area contributed by atoms with Gasteiger partial charge in [0.05, 0.1) is 39.9 Å². The van der Waals surface area contributed by atoms with Gasteiger partial charge in [-0.3, -0.25) is 9.59 Å². The van der Waals surface area contributed by atoms with Gasteiger partial charge in [-0.15, -0.1) is 0 Å². The first-order valence-electron chi connectivity index (χ1n) is 15.2. The summed E-state index contributed by atoms with van der Waals surface area (Å²) >= 11 is 3.59. The van der Waals surface area contributed by atoms with Crippen LogP contribution in [-0.2, 0) is 23.4 Å². The van der Waals surface area contributed by atoms with Crippen LogP contribution in [0.15, 0.2) is 71.2 Å². The number of nitrogens with one attached hydrogen (secondary N) is 1. The van der Waals surface area contributed by atoms with Crippen LogP contribution in [-0.4, -0.2) is 48.7 Å². The van der Waals surface area contributed by atoms with Crippen LogP contribution in [0.5, 0.6) is 17.2 Å². The van der Waals surface area contributed by atoms with Gasteiger partial charge in [-0.2, -0.15) is 0 Å². The van der Waals surface area contributed by atoms with E-state index < -0.39 is 5.54 Å². The zero-order chi connectivity index (χ0) is 30.8. The highest BCUT2D eigenvalue weighted by Crippen LogP contribution is 2.44. The highest BCUT2D eigenvalue weighted by Gasteiger charge is 2.53. The number of ether oxygens (including phenoxy) is 3. The molecule has 1 fully saturated rings. The van der Waals surface area contributed by atoms with Crippen molar-refractivity contribution in [3.63, 3.8) is 0 Å². The first-order valence-corrected chi connectivity index (χ1v) is 16.0. The molecule has 1 atom stereocenters. The summed E-state index contributed by atoms with van der Waals surface area (Å²) in [5.74, 6) is 1.42. The Balaban J connectivity index is 1.60. The van der Waals surface area contributed by atoms with Gasteiger partial charge in [-0.25, -0.2) is 0 Å². The third-order valence-electron chi connectivity index (χ3n) is 9.12. The van der Waals surface area contributed by atoms with E-state index in [4.69, 9.17) is 14.2 Å². The molecule has 8 nitrogen and oxygen atoms in total. The average molecular weight is 661 g/mol. The molecule has 1 N–H and O–H groups in total. The molecule has 1 aromatic heterocycles. The van der Waals surface area contributed by atoms with Gasteiger partial charge in [-0.05, 0) is 54.8 Å². The van der Waals surface area contributed by atoms with E-state index in [2.05, 4.69) is 21.2 Å². The molecule has 2 amide bonds. The second-order valence-corrected chi connectivity index (χ2v) is 12.5. The fourth-order valence-corrected chi connectivity index (χ4v) is 7.30. The number of hydrogen-bond donors (Lipinski definition) is 1. The van der Waals surface area contributed by atoms with E-state index in [0.717, 1.165) is 52.2 Å². The van der Waals surface area contributed by atoms with Gasteiger partial charge >= 0.3 is 0 Å². The number of rotatable bonds is 8. The second kappa shape index (κ2) is 12.6. The molecule has 0 unspecified atom stereocenters. The van der Waals surface area contributed by atoms with Gasteiger partial charge in [0.25, 0.3) is 11.8 Å². The van der Waals surface area contributed by atoms with Crippen molar-refractivity contribution in [2.45, 2.75) is 63.2 Å². The highest BCUT2D eigenvalue weighted by molar-refractivity contribution is 9.10. The number of benzene rings is 3. The fourth-order valence-electron chi connectivity index (χ4n) is 6.90. The zero-order valence-corrected chi connectivity index (χ0v) is 27.0. The summed E-state index contributed by atoms with van der Waals surface area (Å²) in [6.07, 6.45) is 6.34. The Kier molecular flexibility index (Phi) is 8.58. The van der Waals surface area contributed by atoms with Crippen molar-refractivity contribution in [1.82, 2.24) is 14.8 Å². The van der Waals surface area contributed by atoms with Crippen LogP contribution in [0.25, 0.3) is 10.9 Å². The number of nitrogens with zero attached hydrogens (tertiary/aromatic N) is 2. The Labute approximate surface area is 266 Å². The molecule has 0 radical (unpaired) electrons. The Bertz CT molecular complexity index is 1680. The number of aromatic nitrogens is 1. The molecule has 0 bridgehead atoms. The standard InChI is InChI=1S/C35H38BrN3O5/c1-42-29-16-15-25(36)19-23(29)21-39-33(40)28-20-27-30(43-2)17-18-31(44-3)32(27)38(28)22-35(39,24-11-7-6-8-12-24)34(41)37-26-13-9-4-5-10-14-26/h6-8,11-12,15-20,26H,4-5,9-10,13-14,21-22H2,1-3H3,(H,37,41)/t35-/m0/s1. The summed E-state index contributed by atoms with van der Waals surface area (Å²) in [5.41, 5.74) is 1.34. The molecule has 1 aliphatic heterocycles. The second-order valence-electron chi connectivity index (χ2n) is 11.6. The normalized spacial score (nSPS) is 18.9. The van der Waals surface area contributed by atoms with Crippen LogP contribution >= 0.6 is 15.9 Å². The summed E-state index contributed by atoms with van der Waals surface area (Å²) in [6.45, 7) is 0.351. The number of hydrogen-bond acceptors (Lipinski definition) is 5. The maximum absolute atomic E-state index is 15.0. The van der Waals surface area contributed by atoms with Crippen LogP contribution < -0.4 is 19.5 Å². The van der Waals surface area contributed by atoms with Crippen LogP contribution in [0.1, 0.15) is 60.1 Å². The lowest BCUT2D eigenvalue weighted by Gasteiger charge is -2.47. The monoisotopic (exact) mass is 659 g/mol. The number of carbonyl (C=O) groups is 2. The molecule has 3 aromatic carbocycles. The SMILES string of the molecule is COc1ccc(Br)cc1CN1C(=O)c2cc3c(OC)ccc(OC)c3n2C[C@@]1(C(=O)NC1CCCCCC1)c1ccccc1. The van der Waals surface area contributed by atoms with Crippen molar-refractivity contribution in [3.05, 3.63) is 88.0 Å². The summed E-state index contributed by atoms with van der Waals surface area (Å²) in [6, 6.07) is 20.9. The highest BCUT2D eigenvalue weighted by atomic mass is 79.9. The van der Waals surface area contributed by atoms with Crippen LogP contribution in [0.4, 0.5) is 0 Å². The van der Waals surface area contributed by atoms with E-state index in [1.54, 1.807) is 26.2 Å². The van der Waals surface area contributed by atoms with Crippen molar-refractivity contribution in [1.29, 1.82) is 0 Å². The molecule has 230 valence electrons. The number of amides is 2. The van der Waals surface area contributed by atoms with E-state index in [9.17, 15) is 9.59 Å². The number of fused-ring (bicyclic) bond motifs is 3. The fraction of sp³-hybridized carbons (Fsp3) is 0.371. The van der Waals surface area contributed by atoms with Crippen molar-refractivity contribution < 1.29 is 23.8 Å². The van der Waals surface area contributed by atoms with Crippen molar-refractivity contribution in [2.75, 3.05) is 21.3 Å². The predicted molar refractivity (Wildman–Crippen MR) is 173 cm³/mol. The molecule has 4 aromatic rings. The Morgan fingerprint density at radius 1 is 0.886 bits per heavy atom. The first kappa shape index (κ1) is 30.1. The van der Waals surface area contributed by atoms with E-state index in [0.29, 0.717) is 22.9 Å². The molecule has 6 rings (SSSR count). The smallest absolute Gasteiger partial charge is 0.272 e. The number of methoxy groups -OCH3 is 3. The topological polar surface area (TPSA) is 82.0 Å². The minimum Gasteiger partial charge on any atom is -0.496 e. The van der Waals surface area contributed by atoms with Crippen molar-refractivity contribution in [2.24, 2.45) is 0 Å². The average Bonchev–Trinajstić information content (AvgIpc) is 3.24. The van der Waals surface area contributed by atoms with Gasteiger partial charge in [0, 0.05) is 21.5 Å². The Morgan fingerprint density at radius 2 is 1.55 bits per heavy atom. The van der Waals surface area contributed by atoms with Crippen molar-refractivity contribution in [3.8, 4) is 17.2 Å². The maximum Gasteiger partial charge on any atom is 0.272 e. The molecule has 2 aliphatic rings. The summed E-state index contributed by atoms with van der Waals surface area (Å²) in [7, 11) is 4.84. The largest absolute Gasteiger partial charge is 0.496 e. The van der Waals surface area contributed by atoms with Gasteiger partial charge in [0.15, 0.2) is 5.54 Å². The van der Waals surface area contributed by atoms with E-state index in [1.165, 1.54) is 12.8 Å². The molecule has 44 heavy (non-hydrogen) atoms. The molecular formula is C35H38BrN3O5. The molecule has 0 saturated heterocycles. The maximum atomic E-state index is 15.0. The Morgan fingerprint density at radius 3 is 2.23 bits per heavy atom. The van der Waals surface area contributed by atoms with Gasteiger partial charge in [0.2, 0.25) is 0 Å². The summed E-state index contributed by atoms with van der Waals surface area (Å²) < 4.78 is 20.0. The van der Waals surface area contributed by atoms with Crippen LogP contribution in [0.2, 0.25) is 0 Å². The lowest BCUT2D eigenvalue weighted by Crippen LogP contribution is -2.64. The third kappa shape index (κ3) is 5.21. The van der Waals surface area contributed by atoms with E-state index in [-0.39, 0.29) is 30.9 Å². The molecule has 2 heterocycles. The zero-order valence-electron chi connectivity index (χ0n) is 25.4. The first-order chi connectivity index (χ1) is 21.4. The van der Waals surface area contributed by atoms with Gasteiger partial charge in [0.1, 0.15) is 22.9 Å². The van der Waals surface area contributed by atoms with Gasteiger partial charge in [-0.1, -0.05) is 71.9 Å². The molecule has 9 heteroatoms. The van der Waals surface area contributed by atoms with E-state index >= 15 is 0 Å². The predicted octanol–water partition coefficient (Wildman–Crippen LogP) is 6.82. The minimum atomic E-state index is -1.37. The minimum absolute atomic E-state index is 0.0420. The lowest BCUT2D eigenvalue weighted by atomic mass is 9.83. The molecule has 1 aliphatic carbocycles. The van der Waals surface area contributed by atoms with Crippen molar-refractivity contribution >= 4 is 38.6 Å². The summed E-state index contributed by atoms with van der Waals surface area (Å²) in [4.78, 5) is 31.6. The molecular weight excluding hydrogens is 622 g/mol. The van der Waals surface area contributed by atoms with Crippen LogP contribution in [0, 0.1) is 0 Å². The quantitative estimate of drug-likeness (QED) is 0.210. The molecule has 0 spiro atoms. The number of carbonyl (C=O) groups excluding carboxylic acids is 2.